The second-order valence-corrected chi connectivity index (χ2v) is 6.68. The van der Waals surface area contributed by atoms with E-state index in [-0.39, 0.29) is 6.04 Å². The number of hydrogen-bond donors (Lipinski definition) is 0. The summed E-state index contributed by atoms with van der Waals surface area (Å²) in [6, 6.07) is 0.754. The van der Waals surface area contributed by atoms with Gasteiger partial charge in [0.2, 0.25) is 10.0 Å². The number of likely N-dealkylation sites (tertiary alicyclic amines) is 1. The maximum atomic E-state index is 11.4. The number of sulfonamides is 1. The molecule has 0 radical (unpaired) electrons. The molecule has 0 aromatic heterocycles. The van der Waals surface area contributed by atoms with Crippen LogP contribution in [0.4, 0.5) is 0 Å². The molecule has 0 saturated carbocycles. The first-order valence-corrected chi connectivity index (χ1v) is 7.34. The van der Waals surface area contributed by atoms with E-state index in [1.807, 2.05) is 0 Å². The molecule has 15 heavy (non-hydrogen) atoms. The number of hydrogen-bond acceptors (Lipinski definition) is 3. The van der Waals surface area contributed by atoms with Crippen molar-refractivity contribution in [1.29, 1.82) is 0 Å². The van der Waals surface area contributed by atoms with E-state index in [1.165, 1.54) is 10.6 Å². The minimum absolute atomic E-state index is 0.190. The van der Waals surface area contributed by atoms with Crippen molar-refractivity contribution in [3.8, 4) is 0 Å². The highest BCUT2D eigenvalue weighted by atomic mass is 32.2. The molecule has 0 atom stereocenters. The fourth-order valence-electron chi connectivity index (χ4n) is 2.04. The molecule has 90 valence electrons. The summed E-state index contributed by atoms with van der Waals surface area (Å²) in [5.74, 6) is 0. The molecule has 0 N–H and O–H groups in total. The Morgan fingerprint density at radius 2 is 1.73 bits per heavy atom. The number of nitrogens with zero attached hydrogens (tertiary/aromatic N) is 2. The van der Waals surface area contributed by atoms with Crippen LogP contribution in [-0.4, -0.2) is 56.1 Å². The van der Waals surface area contributed by atoms with Crippen molar-refractivity contribution in [2.24, 2.45) is 0 Å². The normalized spacial score (nSPS) is 21.5. The highest BCUT2D eigenvalue weighted by Crippen LogP contribution is 2.18. The van der Waals surface area contributed by atoms with Crippen LogP contribution in [0.25, 0.3) is 0 Å². The number of rotatable bonds is 3. The fraction of sp³-hybridized carbons (Fsp3) is 1.00. The molecular weight excluding hydrogens is 212 g/mol. The van der Waals surface area contributed by atoms with E-state index in [0.717, 1.165) is 25.9 Å². The highest BCUT2D eigenvalue weighted by molar-refractivity contribution is 7.88. The Balaban J connectivity index is 2.51. The van der Waals surface area contributed by atoms with Crippen LogP contribution in [0.15, 0.2) is 0 Å². The highest BCUT2D eigenvalue weighted by Gasteiger charge is 2.27. The van der Waals surface area contributed by atoms with Crippen LogP contribution in [-0.2, 0) is 10.0 Å². The van der Waals surface area contributed by atoms with Crippen LogP contribution in [0, 0.1) is 0 Å². The number of piperidine rings is 1. The van der Waals surface area contributed by atoms with Crippen LogP contribution in [0.3, 0.4) is 0 Å². The average Bonchev–Trinajstić information content (AvgIpc) is 2.15. The van der Waals surface area contributed by atoms with Gasteiger partial charge in [0.05, 0.1) is 6.26 Å². The van der Waals surface area contributed by atoms with Crippen LogP contribution in [0.5, 0.6) is 0 Å². The molecule has 0 amide bonds. The molecule has 1 rings (SSSR count). The zero-order chi connectivity index (χ0) is 11.6. The molecule has 1 aliphatic rings. The van der Waals surface area contributed by atoms with Crippen molar-refractivity contribution in [3.05, 3.63) is 0 Å². The van der Waals surface area contributed by atoms with Crippen LogP contribution >= 0.6 is 0 Å². The van der Waals surface area contributed by atoms with E-state index < -0.39 is 10.0 Å². The minimum Gasteiger partial charge on any atom is -0.301 e. The van der Waals surface area contributed by atoms with Gasteiger partial charge in [0.15, 0.2) is 0 Å². The zero-order valence-electron chi connectivity index (χ0n) is 10.1. The molecule has 0 spiro atoms. The van der Waals surface area contributed by atoms with Gasteiger partial charge in [-0.05, 0) is 39.8 Å². The molecule has 0 aromatic carbocycles. The minimum atomic E-state index is -3.03. The molecule has 5 heteroatoms. The van der Waals surface area contributed by atoms with Crippen molar-refractivity contribution in [2.45, 2.75) is 38.8 Å². The summed E-state index contributed by atoms with van der Waals surface area (Å²) in [6.07, 6.45) is 3.17. The molecule has 1 aliphatic heterocycles. The summed E-state index contributed by atoms with van der Waals surface area (Å²) in [5, 5.41) is 0. The van der Waals surface area contributed by atoms with Crippen molar-refractivity contribution in [3.63, 3.8) is 0 Å². The predicted molar refractivity (Wildman–Crippen MR) is 62.3 cm³/mol. The Morgan fingerprint density at radius 1 is 1.27 bits per heavy atom. The Labute approximate surface area is 93.3 Å². The van der Waals surface area contributed by atoms with E-state index in [1.54, 1.807) is 7.05 Å². The maximum Gasteiger partial charge on any atom is 0.211 e. The lowest BCUT2D eigenvalue weighted by atomic mass is 10.0. The average molecular weight is 234 g/mol. The fourth-order valence-corrected chi connectivity index (χ4v) is 2.79. The van der Waals surface area contributed by atoms with E-state index in [0.29, 0.717) is 6.04 Å². The third kappa shape index (κ3) is 3.43. The van der Waals surface area contributed by atoms with Gasteiger partial charge in [0.25, 0.3) is 0 Å². The molecule has 0 bridgehead atoms. The maximum absolute atomic E-state index is 11.4. The van der Waals surface area contributed by atoms with Gasteiger partial charge in [0, 0.05) is 19.1 Å². The molecule has 0 aromatic rings. The first-order chi connectivity index (χ1) is 6.82. The second-order valence-electron chi connectivity index (χ2n) is 4.64. The summed E-state index contributed by atoms with van der Waals surface area (Å²) in [7, 11) is -1.34. The zero-order valence-corrected chi connectivity index (χ0v) is 10.9. The summed E-state index contributed by atoms with van der Waals surface area (Å²) in [5.41, 5.74) is 0. The standard InChI is InChI=1S/C10H22N2O2S/c1-9(2)12-7-5-10(6-8-12)11(3)15(4,13)14/h9-10H,5-8H2,1-4H3. The van der Waals surface area contributed by atoms with Gasteiger partial charge in [-0.2, -0.15) is 0 Å². The van der Waals surface area contributed by atoms with Gasteiger partial charge in [0.1, 0.15) is 0 Å². The molecule has 0 aliphatic carbocycles. The Morgan fingerprint density at radius 3 is 2.07 bits per heavy atom. The lowest BCUT2D eigenvalue weighted by Gasteiger charge is -2.37. The second kappa shape index (κ2) is 4.80. The summed E-state index contributed by atoms with van der Waals surface area (Å²) < 4.78 is 24.2. The molecule has 1 fully saturated rings. The predicted octanol–water partition coefficient (Wildman–Crippen LogP) is 0.751. The topological polar surface area (TPSA) is 40.6 Å². The van der Waals surface area contributed by atoms with Crippen LogP contribution in [0.2, 0.25) is 0 Å². The largest absolute Gasteiger partial charge is 0.301 e. The van der Waals surface area contributed by atoms with Gasteiger partial charge in [-0.25, -0.2) is 12.7 Å². The van der Waals surface area contributed by atoms with Crippen molar-refractivity contribution < 1.29 is 8.42 Å². The third-order valence-corrected chi connectivity index (χ3v) is 4.61. The smallest absolute Gasteiger partial charge is 0.211 e. The third-order valence-electron chi connectivity index (χ3n) is 3.27. The van der Waals surface area contributed by atoms with E-state index in [4.69, 9.17) is 0 Å². The summed E-state index contributed by atoms with van der Waals surface area (Å²) in [6.45, 7) is 6.37. The summed E-state index contributed by atoms with van der Waals surface area (Å²) >= 11 is 0. The lowest BCUT2D eigenvalue weighted by Crippen LogP contribution is -2.47. The van der Waals surface area contributed by atoms with Crippen LogP contribution in [0.1, 0.15) is 26.7 Å². The van der Waals surface area contributed by atoms with Crippen molar-refractivity contribution in [2.75, 3.05) is 26.4 Å². The Bertz CT molecular complexity index is 293. The summed E-state index contributed by atoms with van der Waals surface area (Å²) in [4.78, 5) is 2.40. The van der Waals surface area contributed by atoms with Crippen LogP contribution < -0.4 is 0 Å². The molecule has 1 saturated heterocycles. The first-order valence-electron chi connectivity index (χ1n) is 5.49. The van der Waals surface area contributed by atoms with E-state index >= 15 is 0 Å². The lowest BCUT2D eigenvalue weighted by molar-refractivity contribution is 0.140. The molecular formula is C10H22N2O2S. The van der Waals surface area contributed by atoms with Gasteiger partial charge in [-0.3, -0.25) is 0 Å². The van der Waals surface area contributed by atoms with Crippen molar-refractivity contribution in [1.82, 2.24) is 9.21 Å². The molecule has 4 nitrogen and oxygen atoms in total. The molecule has 1 heterocycles. The van der Waals surface area contributed by atoms with E-state index in [2.05, 4.69) is 18.7 Å². The van der Waals surface area contributed by atoms with Gasteiger partial charge in [-0.15, -0.1) is 0 Å². The Hall–Kier alpha value is -0.130. The van der Waals surface area contributed by atoms with E-state index in [9.17, 15) is 8.42 Å². The SMILES string of the molecule is CC(C)N1CCC(N(C)S(C)(=O)=O)CC1. The van der Waals surface area contributed by atoms with Gasteiger partial charge in [-0.1, -0.05) is 0 Å². The van der Waals surface area contributed by atoms with Gasteiger partial charge >= 0.3 is 0 Å². The first kappa shape index (κ1) is 12.9. The molecule has 0 unspecified atom stereocenters. The van der Waals surface area contributed by atoms with Gasteiger partial charge < -0.3 is 4.90 Å². The quantitative estimate of drug-likeness (QED) is 0.723. The van der Waals surface area contributed by atoms with Crippen molar-refractivity contribution >= 4 is 10.0 Å². The Kier molecular flexibility index (Phi) is 4.14. The monoisotopic (exact) mass is 234 g/mol.